The van der Waals surface area contributed by atoms with E-state index < -0.39 is 0 Å². The van der Waals surface area contributed by atoms with Gasteiger partial charge in [0.1, 0.15) is 5.75 Å². The maximum absolute atomic E-state index is 9.48. The summed E-state index contributed by atoms with van der Waals surface area (Å²) in [6.07, 6.45) is 3.12. The fourth-order valence-electron chi connectivity index (χ4n) is 1.58. The predicted molar refractivity (Wildman–Crippen MR) is 52.7 cm³/mol. The maximum atomic E-state index is 9.48. The first-order valence-electron chi connectivity index (χ1n) is 4.67. The normalized spacial score (nSPS) is 18.6. The highest BCUT2D eigenvalue weighted by atomic mass is 16.3. The Morgan fingerprint density at radius 2 is 2.15 bits per heavy atom. The zero-order valence-corrected chi connectivity index (χ0v) is 7.88. The second-order valence-electron chi connectivity index (χ2n) is 4.10. The number of benzene rings is 1. The third kappa shape index (κ3) is 1.68. The highest BCUT2D eigenvalue weighted by molar-refractivity contribution is 5.39. The van der Waals surface area contributed by atoms with Crippen molar-refractivity contribution in [1.29, 1.82) is 0 Å². The number of rotatable bonds is 2. The molecule has 1 fully saturated rings. The van der Waals surface area contributed by atoms with Crippen LogP contribution in [-0.4, -0.2) is 10.6 Å². The molecule has 0 atom stereocenters. The summed E-state index contributed by atoms with van der Waals surface area (Å²) in [5.41, 5.74) is 8.19. The van der Waals surface area contributed by atoms with Crippen molar-refractivity contribution in [3.63, 3.8) is 0 Å². The third-order valence-electron chi connectivity index (χ3n) is 2.85. The summed E-state index contributed by atoms with van der Waals surface area (Å²) in [4.78, 5) is 0. The van der Waals surface area contributed by atoms with Crippen molar-refractivity contribution in [3.05, 3.63) is 29.3 Å². The van der Waals surface area contributed by atoms with Crippen LogP contribution in [0.1, 0.15) is 24.0 Å². The van der Waals surface area contributed by atoms with Gasteiger partial charge in [-0.3, -0.25) is 0 Å². The van der Waals surface area contributed by atoms with Crippen LogP contribution < -0.4 is 5.73 Å². The minimum absolute atomic E-state index is 0.0263. The van der Waals surface area contributed by atoms with Crippen LogP contribution in [0.15, 0.2) is 18.2 Å². The zero-order chi connectivity index (χ0) is 9.47. The lowest BCUT2D eigenvalue weighted by molar-refractivity contribution is 0.469. The summed E-state index contributed by atoms with van der Waals surface area (Å²) < 4.78 is 0. The Labute approximate surface area is 78.4 Å². The van der Waals surface area contributed by atoms with Crippen molar-refractivity contribution in [2.45, 2.75) is 31.7 Å². The largest absolute Gasteiger partial charge is 0.508 e. The molecule has 0 unspecified atom stereocenters. The Hall–Kier alpha value is -1.02. The Bertz CT molecular complexity index is 329. The summed E-state index contributed by atoms with van der Waals surface area (Å²) in [7, 11) is 0. The predicted octanol–water partition coefficient (Wildman–Crippen LogP) is 1.73. The summed E-state index contributed by atoms with van der Waals surface area (Å²) in [6, 6.07) is 5.64. The zero-order valence-electron chi connectivity index (χ0n) is 7.88. The number of nitrogens with two attached hydrogens (primary N) is 1. The molecule has 2 heteroatoms. The number of hydrogen-bond donors (Lipinski definition) is 2. The molecular formula is C11H15NO. The number of aromatic hydroxyl groups is 1. The highest BCUT2D eigenvalue weighted by Crippen LogP contribution is 2.37. The van der Waals surface area contributed by atoms with Gasteiger partial charge in [0.15, 0.2) is 0 Å². The van der Waals surface area contributed by atoms with Crippen molar-refractivity contribution in [2.75, 3.05) is 0 Å². The lowest BCUT2D eigenvalue weighted by atomic mass is 10.00. The first kappa shape index (κ1) is 8.57. The molecule has 1 aromatic carbocycles. The standard InChI is InChI=1S/C11H15NO/c1-8-9(3-2-4-10(8)13)7-11(12)5-6-11/h2-4,13H,5-7,12H2,1H3. The molecule has 0 aromatic heterocycles. The van der Waals surface area contributed by atoms with E-state index in [1.807, 2.05) is 19.1 Å². The van der Waals surface area contributed by atoms with Crippen LogP contribution in [0.25, 0.3) is 0 Å². The fraction of sp³-hybridized carbons (Fsp3) is 0.455. The molecule has 1 aromatic rings. The Kier molecular flexibility index (Phi) is 1.81. The summed E-state index contributed by atoms with van der Waals surface area (Å²) in [5.74, 6) is 0.377. The Morgan fingerprint density at radius 3 is 2.77 bits per heavy atom. The summed E-state index contributed by atoms with van der Waals surface area (Å²) in [5, 5.41) is 9.48. The summed E-state index contributed by atoms with van der Waals surface area (Å²) >= 11 is 0. The van der Waals surface area contributed by atoms with Crippen LogP contribution >= 0.6 is 0 Å². The van der Waals surface area contributed by atoms with Crippen LogP contribution in [0, 0.1) is 6.92 Å². The van der Waals surface area contributed by atoms with E-state index in [-0.39, 0.29) is 5.54 Å². The van der Waals surface area contributed by atoms with Gasteiger partial charge >= 0.3 is 0 Å². The first-order valence-corrected chi connectivity index (χ1v) is 4.67. The highest BCUT2D eigenvalue weighted by Gasteiger charge is 2.38. The third-order valence-corrected chi connectivity index (χ3v) is 2.85. The smallest absolute Gasteiger partial charge is 0.118 e. The van der Waals surface area contributed by atoms with Crippen molar-refractivity contribution < 1.29 is 5.11 Å². The van der Waals surface area contributed by atoms with Gasteiger partial charge in [-0.05, 0) is 43.4 Å². The minimum Gasteiger partial charge on any atom is -0.508 e. The average Bonchev–Trinajstić information content (AvgIpc) is 2.78. The van der Waals surface area contributed by atoms with Gasteiger partial charge in [-0.1, -0.05) is 12.1 Å². The molecule has 13 heavy (non-hydrogen) atoms. The maximum Gasteiger partial charge on any atom is 0.118 e. The van der Waals surface area contributed by atoms with Gasteiger partial charge in [0.25, 0.3) is 0 Å². The summed E-state index contributed by atoms with van der Waals surface area (Å²) in [6.45, 7) is 1.94. The molecular weight excluding hydrogens is 162 g/mol. The van der Waals surface area contributed by atoms with E-state index in [1.165, 1.54) is 5.56 Å². The molecule has 2 nitrogen and oxygen atoms in total. The van der Waals surface area contributed by atoms with Crippen LogP contribution in [0.5, 0.6) is 5.75 Å². The van der Waals surface area contributed by atoms with Gasteiger partial charge in [-0.15, -0.1) is 0 Å². The van der Waals surface area contributed by atoms with E-state index in [9.17, 15) is 5.11 Å². The van der Waals surface area contributed by atoms with Gasteiger partial charge < -0.3 is 10.8 Å². The van der Waals surface area contributed by atoms with E-state index in [2.05, 4.69) is 0 Å². The lowest BCUT2D eigenvalue weighted by Crippen LogP contribution is -2.24. The Morgan fingerprint density at radius 1 is 1.46 bits per heavy atom. The van der Waals surface area contributed by atoms with E-state index in [4.69, 9.17) is 5.73 Å². The van der Waals surface area contributed by atoms with Crippen LogP contribution in [0.3, 0.4) is 0 Å². The molecule has 0 amide bonds. The molecule has 3 N–H and O–H groups in total. The van der Waals surface area contributed by atoms with Gasteiger partial charge in [0.2, 0.25) is 0 Å². The van der Waals surface area contributed by atoms with E-state index in [0.717, 1.165) is 24.8 Å². The van der Waals surface area contributed by atoms with E-state index in [1.54, 1.807) is 6.07 Å². The monoisotopic (exact) mass is 177 g/mol. The van der Waals surface area contributed by atoms with Crippen molar-refractivity contribution in [1.82, 2.24) is 0 Å². The topological polar surface area (TPSA) is 46.2 Å². The quantitative estimate of drug-likeness (QED) is 0.722. The molecule has 0 bridgehead atoms. The van der Waals surface area contributed by atoms with Crippen molar-refractivity contribution in [3.8, 4) is 5.75 Å². The SMILES string of the molecule is Cc1c(O)cccc1CC1(N)CC1. The van der Waals surface area contributed by atoms with Gasteiger partial charge in [-0.2, -0.15) is 0 Å². The number of phenols is 1. The molecule has 1 aliphatic carbocycles. The van der Waals surface area contributed by atoms with Crippen LogP contribution in [0.2, 0.25) is 0 Å². The number of hydrogen-bond acceptors (Lipinski definition) is 2. The molecule has 0 aliphatic heterocycles. The lowest BCUT2D eigenvalue weighted by Gasteiger charge is -2.11. The fourth-order valence-corrected chi connectivity index (χ4v) is 1.58. The van der Waals surface area contributed by atoms with Crippen molar-refractivity contribution >= 4 is 0 Å². The average molecular weight is 177 g/mol. The first-order chi connectivity index (χ1) is 6.11. The van der Waals surface area contributed by atoms with Gasteiger partial charge in [0.05, 0.1) is 0 Å². The molecule has 1 saturated carbocycles. The molecule has 0 saturated heterocycles. The van der Waals surface area contributed by atoms with Crippen molar-refractivity contribution in [2.24, 2.45) is 5.73 Å². The van der Waals surface area contributed by atoms with E-state index in [0.29, 0.717) is 5.75 Å². The number of phenolic OH excluding ortho intramolecular Hbond substituents is 1. The molecule has 0 radical (unpaired) electrons. The van der Waals surface area contributed by atoms with Crippen LogP contribution in [-0.2, 0) is 6.42 Å². The Balaban J connectivity index is 2.25. The molecule has 1 aliphatic rings. The van der Waals surface area contributed by atoms with Gasteiger partial charge in [-0.25, -0.2) is 0 Å². The van der Waals surface area contributed by atoms with Crippen LogP contribution in [0.4, 0.5) is 0 Å². The van der Waals surface area contributed by atoms with E-state index >= 15 is 0 Å². The molecule has 0 heterocycles. The molecule has 0 spiro atoms. The second-order valence-corrected chi connectivity index (χ2v) is 4.10. The molecule has 70 valence electrons. The molecule has 2 rings (SSSR count). The second kappa shape index (κ2) is 2.74. The minimum atomic E-state index is 0.0263. The van der Waals surface area contributed by atoms with Gasteiger partial charge in [0, 0.05) is 5.54 Å².